The van der Waals surface area contributed by atoms with E-state index in [1.54, 1.807) is 10.9 Å². The molecule has 8 nitrogen and oxygen atoms in total. The standard InChI is InChI=1S/C30H33N5O3/c1-23(2)35-29(37)34(22-31-35)27-16-14-26(15-17-27)32-18-20-33(21-19-32)30(28(36)38-3,24-10-6-4-7-11-24)25-12-8-5-9-13-25/h4-17,22-23H,18-21H2,1-3H3. The second-order valence-corrected chi connectivity index (χ2v) is 9.75. The highest BCUT2D eigenvalue weighted by molar-refractivity contribution is 5.87. The van der Waals surface area contributed by atoms with E-state index in [9.17, 15) is 9.59 Å². The topological polar surface area (TPSA) is 72.6 Å². The minimum atomic E-state index is -1.04. The van der Waals surface area contributed by atoms with Gasteiger partial charge in [0.1, 0.15) is 6.33 Å². The molecule has 1 saturated heterocycles. The molecule has 0 amide bonds. The molecule has 1 fully saturated rings. The van der Waals surface area contributed by atoms with Gasteiger partial charge in [0.2, 0.25) is 0 Å². The fourth-order valence-electron chi connectivity index (χ4n) is 5.37. The minimum Gasteiger partial charge on any atom is -0.467 e. The van der Waals surface area contributed by atoms with Crippen LogP contribution < -0.4 is 10.6 Å². The Morgan fingerprint density at radius 3 is 1.82 bits per heavy atom. The number of carbonyl (C=O) groups excluding carboxylic acids is 1. The Labute approximate surface area is 222 Å². The van der Waals surface area contributed by atoms with Crippen molar-refractivity contribution in [3.05, 3.63) is 113 Å². The summed E-state index contributed by atoms with van der Waals surface area (Å²) >= 11 is 0. The summed E-state index contributed by atoms with van der Waals surface area (Å²) in [4.78, 5) is 30.8. The van der Waals surface area contributed by atoms with Crippen LogP contribution in [0.2, 0.25) is 0 Å². The molecule has 3 aromatic carbocycles. The maximum absolute atomic E-state index is 13.6. The van der Waals surface area contributed by atoms with Crippen molar-refractivity contribution >= 4 is 11.7 Å². The number of hydrogen-bond acceptors (Lipinski definition) is 6. The van der Waals surface area contributed by atoms with Crippen molar-refractivity contribution in [3.63, 3.8) is 0 Å². The molecule has 1 aromatic heterocycles. The Bertz CT molecular complexity index is 1380. The quantitative estimate of drug-likeness (QED) is 0.351. The monoisotopic (exact) mass is 511 g/mol. The first-order valence-electron chi connectivity index (χ1n) is 12.9. The first-order chi connectivity index (χ1) is 18.5. The number of esters is 1. The molecule has 4 aromatic rings. The van der Waals surface area contributed by atoms with Crippen LogP contribution in [-0.4, -0.2) is 58.5 Å². The molecule has 8 heteroatoms. The largest absolute Gasteiger partial charge is 0.467 e. The van der Waals surface area contributed by atoms with Crippen LogP contribution in [0.1, 0.15) is 31.0 Å². The summed E-state index contributed by atoms with van der Waals surface area (Å²) in [6.07, 6.45) is 1.57. The molecule has 0 N–H and O–H groups in total. The number of ether oxygens (including phenoxy) is 1. The van der Waals surface area contributed by atoms with Crippen molar-refractivity contribution in [1.82, 2.24) is 19.2 Å². The van der Waals surface area contributed by atoms with Gasteiger partial charge >= 0.3 is 11.7 Å². The van der Waals surface area contributed by atoms with Gasteiger partial charge in [0.15, 0.2) is 5.54 Å². The van der Waals surface area contributed by atoms with Gasteiger partial charge in [-0.05, 0) is 49.2 Å². The average Bonchev–Trinajstić information content (AvgIpc) is 3.36. The highest BCUT2D eigenvalue weighted by Gasteiger charge is 2.49. The summed E-state index contributed by atoms with van der Waals surface area (Å²) in [6.45, 7) is 6.69. The van der Waals surface area contributed by atoms with Crippen LogP contribution in [0, 0.1) is 0 Å². The molecule has 1 aliphatic heterocycles. The molecule has 38 heavy (non-hydrogen) atoms. The first-order valence-corrected chi connectivity index (χ1v) is 12.9. The van der Waals surface area contributed by atoms with Gasteiger partial charge in [-0.3, -0.25) is 4.90 Å². The summed E-state index contributed by atoms with van der Waals surface area (Å²) in [5, 5.41) is 4.22. The van der Waals surface area contributed by atoms with Crippen molar-refractivity contribution in [3.8, 4) is 5.69 Å². The van der Waals surface area contributed by atoms with E-state index < -0.39 is 5.54 Å². The van der Waals surface area contributed by atoms with E-state index in [1.165, 1.54) is 11.8 Å². The molecule has 1 aliphatic rings. The number of hydrogen-bond donors (Lipinski definition) is 0. The number of benzene rings is 3. The van der Waals surface area contributed by atoms with Crippen LogP contribution in [0.3, 0.4) is 0 Å². The van der Waals surface area contributed by atoms with E-state index in [0.29, 0.717) is 13.1 Å². The Balaban J connectivity index is 1.41. The number of carbonyl (C=O) groups is 1. The molecule has 196 valence electrons. The summed E-state index contributed by atoms with van der Waals surface area (Å²) in [5.41, 5.74) is 2.45. The number of methoxy groups -OCH3 is 1. The smallest absolute Gasteiger partial charge is 0.350 e. The van der Waals surface area contributed by atoms with Crippen LogP contribution in [0.15, 0.2) is 96.1 Å². The highest BCUT2D eigenvalue weighted by Crippen LogP contribution is 2.38. The van der Waals surface area contributed by atoms with E-state index in [4.69, 9.17) is 4.74 Å². The van der Waals surface area contributed by atoms with Crippen molar-refractivity contribution < 1.29 is 9.53 Å². The molecule has 0 bridgehead atoms. The number of rotatable bonds is 7. The predicted molar refractivity (Wildman–Crippen MR) is 148 cm³/mol. The normalized spacial score (nSPS) is 14.6. The first kappa shape index (κ1) is 25.5. The molecule has 0 spiro atoms. The zero-order chi connectivity index (χ0) is 26.7. The van der Waals surface area contributed by atoms with Crippen LogP contribution in [0.25, 0.3) is 5.69 Å². The zero-order valence-electron chi connectivity index (χ0n) is 22.0. The van der Waals surface area contributed by atoms with Gasteiger partial charge < -0.3 is 9.64 Å². The van der Waals surface area contributed by atoms with Crippen molar-refractivity contribution in [2.45, 2.75) is 25.4 Å². The minimum absolute atomic E-state index is 0.00296. The van der Waals surface area contributed by atoms with E-state index in [2.05, 4.69) is 14.9 Å². The number of piperazine rings is 1. The molecular weight excluding hydrogens is 478 g/mol. The van der Waals surface area contributed by atoms with Gasteiger partial charge in [-0.25, -0.2) is 18.8 Å². The van der Waals surface area contributed by atoms with Gasteiger partial charge in [-0.2, -0.15) is 5.10 Å². The fraction of sp³-hybridized carbons (Fsp3) is 0.300. The maximum Gasteiger partial charge on any atom is 0.350 e. The molecular formula is C30H33N5O3. The van der Waals surface area contributed by atoms with Gasteiger partial charge in [0.25, 0.3) is 0 Å². The molecule has 5 rings (SSSR count). The van der Waals surface area contributed by atoms with Crippen LogP contribution >= 0.6 is 0 Å². The highest BCUT2D eigenvalue weighted by atomic mass is 16.5. The predicted octanol–water partition coefficient (Wildman–Crippen LogP) is 3.85. The number of nitrogens with zero attached hydrogens (tertiary/aromatic N) is 5. The molecule has 0 atom stereocenters. The van der Waals surface area contributed by atoms with Crippen molar-refractivity contribution in [2.24, 2.45) is 0 Å². The van der Waals surface area contributed by atoms with E-state index in [1.807, 2.05) is 98.8 Å². The van der Waals surface area contributed by atoms with E-state index in [-0.39, 0.29) is 17.7 Å². The lowest BCUT2D eigenvalue weighted by Gasteiger charge is -2.46. The van der Waals surface area contributed by atoms with Crippen molar-refractivity contribution in [2.75, 3.05) is 38.2 Å². The third-order valence-corrected chi connectivity index (χ3v) is 7.29. The summed E-state index contributed by atoms with van der Waals surface area (Å²) < 4.78 is 8.48. The second kappa shape index (κ2) is 10.7. The number of aromatic nitrogens is 3. The Kier molecular flexibility index (Phi) is 7.15. The van der Waals surface area contributed by atoms with Gasteiger partial charge in [-0.15, -0.1) is 0 Å². The third-order valence-electron chi connectivity index (χ3n) is 7.29. The molecule has 0 unspecified atom stereocenters. The van der Waals surface area contributed by atoms with Crippen LogP contribution in [0.4, 0.5) is 5.69 Å². The van der Waals surface area contributed by atoms with Crippen LogP contribution in [0.5, 0.6) is 0 Å². The summed E-state index contributed by atoms with van der Waals surface area (Å²) in [7, 11) is 1.46. The van der Waals surface area contributed by atoms with Crippen LogP contribution in [-0.2, 0) is 15.1 Å². The van der Waals surface area contributed by atoms with E-state index >= 15 is 0 Å². The third kappa shape index (κ3) is 4.41. The lowest BCUT2D eigenvalue weighted by atomic mass is 9.80. The zero-order valence-corrected chi connectivity index (χ0v) is 22.0. The summed E-state index contributed by atoms with van der Waals surface area (Å²) in [5.74, 6) is -0.292. The summed E-state index contributed by atoms with van der Waals surface area (Å²) in [6, 6.07) is 27.7. The number of anilines is 1. The molecule has 0 radical (unpaired) electrons. The van der Waals surface area contributed by atoms with Gasteiger partial charge in [-0.1, -0.05) is 60.7 Å². The molecule has 2 heterocycles. The Hall–Kier alpha value is -4.17. The van der Waals surface area contributed by atoms with E-state index in [0.717, 1.165) is 35.6 Å². The van der Waals surface area contributed by atoms with Gasteiger partial charge in [0, 0.05) is 31.9 Å². The maximum atomic E-state index is 13.6. The fourth-order valence-corrected chi connectivity index (χ4v) is 5.37. The molecule has 0 saturated carbocycles. The Morgan fingerprint density at radius 1 is 0.816 bits per heavy atom. The Morgan fingerprint density at radius 2 is 1.34 bits per heavy atom. The lowest BCUT2D eigenvalue weighted by molar-refractivity contribution is -0.153. The average molecular weight is 512 g/mol. The second-order valence-electron chi connectivity index (χ2n) is 9.75. The SMILES string of the molecule is COC(=O)C(c1ccccc1)(c1ccccc1)N1CCN(c2ccc(-n3cnn(C(C)C)c3=O)cc2)CC1. The van der Waals surface area contributed by atoms with Crippen molar-refractivity contribution in [1.29, 1.82) is 0 Å². The van der Waals surface area contributed by atoms with Gasteiger partial charge in [0.05, 0.1) is 18.8 Å². The lowest BCUT2D eigenvalue weighted by Crippen LogP contribution is -2.60. The molecule has 0 aliphatic carbocycles.